The number of nitrogens with zero attached hydrogens (tertiary/aromatic N) is 3. The van der Waals surface area contributed by atoms with E-state index in [4.69, 9.17) is 0 Å². The SMILES string of the molecule is FS(F)(F)(F)(F)c1cccc(-c2ncc3[nH]ncc3n2)c1. The first-order valence-electron chi connectivity index (χ1n) is 5.54. The van der Waals surface area contributed by atoms with Gasteiger partial charge in [0.05, 0.1) is 12.4 Å². The summed E-state index contributed by atoms with van der Waals surface area (Å²) in [6.45, 7) is 0. The third-order valence-electron chi connectivity index (χ3n) is 2.73. The highest BCUT2D eigenvalue weighted by molar-refractivity contribution is 8.45. The van der Waals surface area contributed by atoms with Crippen molar-refractivity contribution in [3.63, 3.8) is 0 Å². The number of benzene rings is 1. The Hall–Kier alpha value is -2.23. The Morgan fingerprint density at radius 1 is 1.00 bits per heavy atom. The Morgan fingerprint density at radius 3 is 2.48 bits per heavy atom. The Bertz CT molecular complexity index is 843. The van der Waals surface area contributed by atoms with Gasteiger partial charge in [-0.05, 0) is 12.1 Å². The van der Waals surface area contributed by atoms with E-state index in [2.05, 4.69) is 20.2 Å². The van der Waals surface area contributed by atoms with Crippen LogP contribution in [0.15, 0.2) is 41.6 Å². The summed E-state index contributed by atoms with van der Waals surface area (Å²) in [5.41, 5.74) is 0.712. The maximum atomic E-state index is 12.8. The van der Waals surface area contributed by atoms with Crippen molar-refractivity contribution in [3.8, 4) is 11.4 Å². The van der Waals surface area contributed by atoms with Gasteiger partial charge in [0.25, 0.3) is 0 Å². The van der Waals surface area contributed by atoms with Crippen LogP contribution in [0.3, 0.4) is 0 Å². The molecule has 112 valence electrons. The van der Waals surface area contributed by atoms with Crippen LogP contribution in [0, 0.1) is 0 Å². The van der Waals surface area contributed by atoms with Crippen LogP contribution in [-0.4, -0.2) is 20.2 Å². The average molecular weight is 322 g/mol. The number of nitrogens with one attached hydrogen (secondary N) is 1. The molecular formula is C11H7F5N4S. The molecule has 0 bridgehead atoms. The van der Waals surface area contributed by atoms with Gasteiger partial charge < -0.3 is 0 Å². The zero-order valence-corrected chi connectivity index (χ0v) is 10.9. The number of aromatic amines is 1. The van der Waals surface area contributed by atoms with Crippen molar-refractivity contribution in [3.05, 3.63) is 36.7 Å². The predicted octanol–water partition coefficient (Wildman–Crippen LogP) is 4.68. The summed E-state index contributed by atoms with van der Waals surface area (Å²) in [4.78, 5) is 5.84. The fourth-order valence-electron chi connectivity index (χ4n) is 1.76. The van der Waals surface area contributed by atoms with Crippen LogP contribution in [0.5, 0.6) is 0 Å². The van der Waals surface area contributed by atoms with Gasteiger partial charge in [0.1, 0.15) is 15.9 Å². The molecule has 4 nitrogen and oxygen atoms in total. The molecule has 0 atom stereocenters. The van der Waals surface area contributed by atoms with Crippen LogP contribution in [0.25, 0.3) is 22.4 Å². The number of hydrogen-bond donors (Lipinski definition) is 1. The molecule has 1 N–H and O–H groups in total. The minimum atomic E-state index is -9.72. The highest BCUT2D eigenvalue weighted by Crippen LogP contribution is 3.02. The molecule has 0 aliphatic rings. The quantitative estimate of drug-likeness (QED) is 0.697. The van der Waals surface area contributed by atoms with E-state index in [1.807, 2.05) is 0 Å². The highest BCUT2D eigenvalue weighted by Gasteiger charge is 2.65. The summed E-state index contributed by atoms with van der Waals surface area (Å²) in [7, 11) is -9.72. The lowest BCUT2D eigenvalue weighted by molar-refractivity contribution is 0.364. The van der Waals surface area contributed by atoms with Gasteiger partial charge in [0.2, 0.25) is 0 Å². The molecule has 0 amide bonds. The summed E-state index contributed by atoms with van der Waals surface area (Å²) in [6, 6.07) is 2.81. The molecule has 1 aromatic carbocycles. The Kier molecular flexibility index (Phi) is 2.29. The number of halogens is 5. The summed E-state index contributed by atoms with van der Waals surface area (Å²) in [5, 5.41) is 6.27. The van der Waals surface area contributed by atoms with Crippen LogP contribution in [0.4, 0.5) is 19.4 Å². The van der Waals surface area contributed by atoms with Gasteiger partial charge in [-0.15, -0.1) is 0 Å². The zero-order chi connectivity index (χ0) is 15.4. The number of hydrogen-bond acceptors (Lipinski definition) is 3. The molecule has 10 heteroatoms. The van der Waals surface area contributed by atoms with E-state index in [9.17, 15) is 19.4 Å². The molecule has 3 aromatic rings. The molecule has 0 aliphatic carbocycles. The topological polar surface area (TPSA) is 54.5 Å². The molecule has 0 unspecified atom stereocenters. The van der Waals surface area contributed by atoms with Gasteiger partial charge in [-0.3, -0.25) is 5.10 Å². The van der Waals surface area contributed by atoms with E-state index < -0.39 is 15.1 Å². The lowest BCUT2D eigenvalue weighted by atomic mass is 10.2. The van der Waals surface area contributed by atoms with Crippen LogP contribution in [-0.2, 0) is 0 Å². The van der Waals surface area contributed by atoms with Crippen molar-refractivity contribution >= 4 is 21.3 Å². The van der Waals surface area contributed by atoms with Gasteiger partial charge >= 0.3 is 10.2 Å². The largest absolute Gasteiger partial charge is 0.310 e. The Labute approximate surface area is 114 Å². The minimum Gasteiger partial charge on any atom is -0.275 e. The Balaban J connectivity index is 2.16. The molecule has 0 fully saturated rings. The first-order chi connectivity index (χ1) is 9.53. The smallest absolute Gasteiger partial charge is 0.275 e. The second kappa shape index (κ2) is 3.50. The zero-order valence-electron chi connectivity index (χ0n) is 10.1. The summed E-state index contributed by atoms with van der Waals surface area (Å²) in [5.74, 6) is -0.0902. The highest BCUT2D eigenvalue weighted by atomic mass is 32.5. The molecule has 3 rings (SSSR count). The van der Waals surface area contributed by atoms with E-state index in [0.717, 1.165) is 6.07 Å². The van der Waals surface area contributed by atoms with Gasteiger partial charge in [0.15, 0.2) is 5.82 Å². The van der Waals surface area contributed by atoms with Crippen molar-refractivity contribution in [2.75, 3.05) is 0 Å². The first-order valence-corrected chi connectivity index (χ1v) is 7.49. The Morgan fingerprint density at radius 2 is 1.76 bits per heavy atom. The fraction of sp³-hybridized carbons (Fsp3) is 0. The normalized spacial score (nSPS) is 15.7. The number of rotatable bonds is 2. The second-order valence-corrected chi connectivity index (χ2v) is 6.77. The number of H-pyrrole nitrogens is 1. The summed E-state index contributed by atoms with van der Waals surface area (Å²) >= 11 is 0. The standard InChI is InChI=1S/C11H7F5N4S/c12-21(13,14,15,16)8-3-1-2-7(4-8)11-17-5-10-9(19-11)6-18-20-10/h1-6H,(H,18,20). The molecule has 0 saturated heterocycles. The van der Waals surface area contributed by atoms with E-state index in [-0.39, 0.29) is 11.4 Å². The van der Waals surface area contributed by atoms with Gasteiger partial charge in [-0.2, -0.15) is 5.10 Å². The molecule has 0 radical (unpaired) electrons. The van der Waals surface area contributed by atoms with Crippen LogP contribution in [0.1, 0.15) is 0 Å². The molecule has 2 aromatic heterocycles. The maximum Gasteiger partial charge on any atom is 0.310 e. The molecule has 0 spiro atoms. The van der Waals surface area contributed by atoms with E-state index >= 15 is 0 Å². The minimum absolute atomic E-state index is 0.0902. The van der Waals surface area contributed by atoms with Crippen molar-refractivity contribution in [1.82, 2.24) is 20.2 Å². The van der Waals surface area contributed by atoms with E-state index in [0.29, 0.717) is 23.2 Å². The van der Waals surface area contributed by atoms with Gasteiger partial charge in [0, 0.05) is 5.56 Å². The summed E-state index contributed by atoms with van der Waals surface area (Å²) in [6.07, 6.45) is 2.67. The van der Waals surface area contributed by atoms with E-state index in [1.54, 1.807) is 0 Å². The first kappa shape index (κ1) is 13.7. The summed E-state index contributed by atoms with van der Waals surface area (Å²) < 4.78 is 64.0. The van der Waals surface area contributed by atoms with Crippen molar-refractivity contribution < 1.29 is 19.4 Å². The van der Waals surface area contributed by atoms with Crippen molar-refractivity contribution in [2.24, 2.45) is 0 Å². The molecule has 0 aliphatic heterocycles. The average Bonchev–Trinajstić information content (AvgIpc) is 2.83. The lowest BCUT2D eigenvalue weighted by Gasteiger charge is -2.40. The third-order valence-corrected chi connectivity index (χ3v) is 3.87. The third kappa shape index (κ3) is 2.66. The fourth-order valence-corrected chi connectivity index (χ4v) is 2.44. The lowest BCUT2D eigenvalue weighted by Crippen LogP contribution is -2.06. The van der Waals surface area contributed by atoms with E-state index in [1.165, 1.54) is 18.5 Å². The van der Waals surface area contributed by atoms with Crippen molar-refractivity contribution in [1.29, 1.82) is 0 Å². The molecule has 0 saturated carbocycles. The molecule has 21 heavy (non-hydrogen) atoms. The monoisotopic (exact) mass is 322 g/mol. The maximum absolute atomic E-state index is 12.8. The molecular weight excluding hydrogens is 315 g/mol. The van der Waals surface area contributed by atoms with Gasteiger partial charge in [-0.25, -0.2) is 9.97 Å². The molecule has 2 heterocycles. The van der Waals surface area contributed by atoms with Gasteiger partial charge in [-0.1, -0.05) is 31.6 Å². The van der Waals surface area contributed by atoms with Crippen LogP contribution in [0.2, 0.25) is 0 Å². The predicted molar refractivity (Wildman–Crippen MR) is 68.5 cm³/mol. The second-order valence-electron chi connectivity index (χ2n) is 4.36. The van der Waals surface area contributed by atoms with Crippen LogP contribution >= 0.6 is 10.2 Å². The van der Waals surface area contributed by atoms with Crippen LogP contribution < -0.4 is 0 Å². The van der Waals surface area contributed by atoms with Crippen molar-refractivity contribution in [2.45, 2.75) is 4.90 Å². The number of aromatic nitrogens is 4. The number of fused-ring (bicyclic) bond motifs is 1.